The molecule has 2 aromatic rings. The van der Waals surface area contributed by atoms with Crippen molar-refractivity contribution in [2.75, 3.05) is 13.1 Å². The van der Waals surface area contributed by atoms with Crippen LogP contribution in [-0.4, -0.2) is 22.9 Å². The fourth-order valence-electron chi connectivity index (χ4n) is 4.04. The molecule has 1 aromatic heterocycles. The van der Waals surface area contributed by atoms with Crippen molar-refractivity contribution in [3.8, 4) is 5.69 Å². The number of halogens is 5. The van der Waals surface area contributed by atoms with Crippen LogP contribution >= 0.6 is 0 Å². The van der Waals surface area contributed by atoms with Gasteiger partial charge in [-0.3, -0.25) is 0 Å². The SMILES string of the molecule is FC(F)c1cnn(-c2ccccc2C(F)(F)F)c1C1=CC2(CCNCC2)C1. The number of alkyl halides is 5. The first-order valence-corrected chi connectivity index (χ1v) is 8.76. The van der Waals surface area contributed by atoms with Crippen molar-refractivity contribution in [1.82, 2.24) is 15.1 Å². The predicted molar refractivity (Wildman–Crippen MR) is 90.7 cm³/mol. The molecule has 1 aliphatic carbocycles. The number of allylic oxidation sites excluding steroid dienone is 2. The number of hydrogen-bond donors (Lipinski definition) is 1. The molecule has 1 aromatic carbocycles. The Kier molecular flexibility index (Phi) is 4.33. The average molecular weight is 383 g/mol. The van der Waals surface area contributed by atoms with E-state index < -0.39 is 18.2 Å². The second kappa shape index (κ2) is 6.44. The monoisotopic (exact) mass is 383 g/mol. The predicted octanol–water partition coefficient (Wildman–Crippen LogP) is 4.99. The van der Waals surface area contributed by atoms with E-state index >= 15 is 0 Å². The molecular weight excluding hydrogens is 365 g/mol. The van der Waals surface area contributed by atoms with Crippen molar-refractivity contribution in [3.63, 3.8) is 0 Å². The molecule has 3 nitrogen and oxygen atoms in total. The lowest BCUT2D eigenvalue weighted by molar-refractivity contribution is -0.137. The summed E-state index contributed by atoms with van der Waals surface area (Å²) in [5.74, 6) is 0. The highest BCUT2D eigenvalue weighted by Gasteiger charge is 2.41. The van der Waals surface area contributed by atoms with Crippen molar-refractivity contribution in [1.29, 1.82) is 0 Å². The van der Waals surface area contributed by atoms with Crippen LogP contribution < -0.4 is 5.32 Å². The third-order valence-electron chi connectivity index (χ3n) is 5.40. The van der Waals surface area contributed by atoms with Gasteiger partial charge in [-0.05, 0) is 55.5 Å². The molecule has 0 atom stereocenters. The fourth-order valence-corrected chi connectivity index (χ4v) is 4.04. The molecule has 1 N–H and O–H groups in total. The zero-order chi connectivity index (χ0) is 19.2. The Bertz CT molecular complexity index is 876. The van der Waals surface area contributed by atoms with E-state index in [2.05, 4.69) is 10.4 Å². The van der Waals surface area contributed by atoms with E-state index in [4.69, 9.17) is 0 Å². The van der Waals surface area contributed by atoms with E-state index in [1.54, 1.807) is 0 Å². The van der Waals surface area contributed by atoms with E-state index in [0.29, 0.717) is 12.0 Å². The van der Waals surface area contributed by atoms with E-state index in [9.17, 15) is 22.0 Å². The average Bonchev–Trinajstić information content (AvgIpc) is 3.04. The minimum atomic E-state index is -4.60. The van der Waals surface area contributed by atoms with Crippen LogP contribution in [0.5, 0.6) is 0 Å². The standard InChI is InChI=1S/C19H18F5N3/c20-17(21)13-11-26-27(15-4-2-1-3-14(15)19(22,23)24)16(13)12-9-18(10-12)5-7-25-8-6-18/h1-4,9,11,17,25H,5-8,10H2. The maximum atomic E-state index is 13.5. The van der Waals surface area contributed by atoms with Gasteiger partial charge in [-0.25, -0.2) is 13.5 Å². The highest BCUT2D eigenvalue weighted by Crippen LogP contribution is 2.51. The second-order valence-electron chi connectivity index (χ2n) is 7.13. The largest absolute Gasteiger partial charge is 0.418 e. The van der Waals surface area contributed by atoms with Crippen LogP contribution in [0, 0.1) is 5.41 Å². The van der Waals surface area contributed by atoms with Gasteiger partial charge >= 0.3 is 6.18 Å². The van der Waals surface area contributed by atoms with Crippen molar-refractivity contribution in [3.05, 3.63) is 53.4 Å². The van der Waals surface area contributed by atoms with Gasteiger partial charge < -0.3 is 5.32 Å². The van der Waals surface area contributed by atoms with Gasteiger partial charge in [-0.2, -0.15) is 18.3 Å². The highest BCUT2D eigenvalue weighted by atomic mass is 19.4. The van der Waals surface area contributed by atoms with Crippen molar-refractivity contribution in [2.24, 2.45) is 5.41 Å². The summed E-state index contributed by atoms with van der Waals surface area (Å²) in [7, 11) is 0. The Morgan fingerprint density at radius 2 is 1.78 bits per heavy atom. The summed E-state index contributed by atoms with van der Waals surface area (Å²) in [5, 5.41) is 7.16. The number of nitrogens with one attached hydrogen (secondary N) is 1. The highest BCUT2D eigenvalue weighted by molar-refractivity contribution is 5.74. The Labute approximate surface area is 152 Å². The van der Waals surface area contributed by atoms with Crippen LogP contribution in [0.25, 0.3) is 11.3 Å². The molecule has 1 aliphatic heterocycles. The van der Waals surface area contributed by atoms with Crippen LogP contribution in [0.1, 0.15) is 42.5 Å². The van der Waals surface area contributed by atoms with E-state index in [1.165, 1.54) is 18.2 Å². The van der Waals surface area contributed by atoms with E-state index in [1.807, 2.05) is 6.08 Å². The third-order valence-corrected chi connectivity index (χ3v) is 5.40. The molecule has 8 heteroatoms. The summed E-state index contributed by atoms with van der Waals surface area (Å²) in [4.78, 5) is 0. The Morgan fingerprint density at radius 3 is 2.41 bits per heavy atom. The molecule has 4 rings (SSSR count). The van der Waals surface area contributed by atoms with Crippen LogP contribution in [0.3, 0.4) is 0 Å². The zero-order valence-corrected chi connectivity index (χ0v) is 14.4. The number of hydrogen-bond acceptors (Lipinski definition) is 2. The minimum Gasteiger partial charge on any atom is -0.317 e. The lowest BCUT2D eigenvalue weighted by atomic mass is 9.64. The van der Waals surface area contributed by atoms with Crippen molar-refractivity contribution in [2.45, 2.75) is 31.9 Å². The van der Waals surface area contributed by atoms with Gasteiger partial charge in [0.15, 0.2) is 0 Å². The molecule has 144 valence electrons. The molecule has 0 saturated carbocycles. The Hall–Kier alpha value is -2.22. The smallest absolute Gasteiger partial charge is 0.317 e. The Morgan fingerprint density at radius 1 is 1.11 bits per heavy atom. The van der Waals surface area contributed by atoms with Crippen molar-refractivity contribution < 1.29 is 22.0 Å². The molecule has 1 fully saturated rings. The quantitative estimate of drug-likeness (QED) is 0.757. The molecule has 1 spiro atoms. The number of rotatable bonds is 3. The normalized spacial score (nSPS) is 19.3. The number of benzene rings is 1. The summed E-state index contributed by atoms with van der Waals surface area (Å²) in [6.07, 6.45) is -2.12. The number of piperidine rings is 1. The van der Waals surface area contributed by atoms with Gasteiger partial charge in [0.05, 0.1) is 28.7 Å². The van der Waals surface area contributed by atoms with E-state index in [-0.39, 0.29) is 22.4 Å². The van der Waals surface area contributed by atoms with E-state index in [0.717, 1.165) is 42.9 Å². The van der Waals surface area contributed by atoms with Gasteiger partial charge in [0.25, 0.3) is 6.43 Å². The molecular formula is C19H18F5N3. The summed E-state index contributed by atoms with van der Waals surface area (Å²) in [6.45, 7) is 1.70. The first-order chi connectivity index (χ1) is 12.8. The van der Waals surface area contributed by atoms with Gasteiger partial charge in [0.1, 0.15) is 0 Å². The minimum absolute atomic E-state index is 0.0430. The van der Waals surface area contributed by atoms with Crippen molar-refractivity contribution >= 4 is 5.57 Å². The first kappa shape index (κ1) is 18.2. The summed E-state index contributed by atoms with van der Waals surface area (Å²) < 4.78 is 68.3. The van der Waals surface area contributed by atoms with Gasteiger partial charge in [-0.1, -0.05) is 18.2 Å². The van der Waals surface area contributed by atoms with Gasteiger partial charge in [0, 0.05) is 0 Å². The molecule has 1 saturated heterocycles. The van der Waals surface area contributed by atoms with Crippen LogP contribution in [0.15, 0.2) is 36.5 Å². The van der Waals surface area contributed by atoms with Crippen LogP contribution in [0.4, 0.5) is 22.0 Å². The molecule has 2 heterocycles. The van der Waals surface area contributed by atoms with Gasteiger partial charge in [0.2, 0.25) is 0 Å². The second-order valence-corrected chi connectivity index (χ2v) is 7.13. The molecule has 0 amide bonds. The molecule has 27 heavy (non-hydrogen) atoms. The van der Waals surface area contributed by atoms with Crippen LogP contribution in [0.2, 0.25) is 0 Å². The molecule has 2 aliphatic rings. The topological polar surface area (TPSA) is 29.9 Å². The number of aromatic nitrogens is 2. The summed E-state index contributed by atoms with van der Waals surface area (Å²) in [6, 6.07) is 4.91. The molecule has 0 unspecified atom stereocenters. The summed E-state index contributed by atoms with van der Waals surface area (Å²) >= 11 is 0. The lowest BCUT2D eigenvalue weighted by Crippen LogP contribution is -2.39. The van der Waals surface area contributed by atoms with Crippen LogP contribution in [-0.2, 0) is 6.18 Å². The third kappa shape index (κ3) is 3.16. The fraction of sp³-hybridized carbons (Fsp3) is 0.421. The first-order valence-electron chi connectivity index (χ1n) is 8.76. The van der Waals surface area contributed by atoms with Gasteiger partial charge in [-0.15, -0.1) is 0 Å². The Balaban J connectivity index is 1.82. The number of para-hydroxylation sites is 1. The molecule has 0 radical (unpaired) electrons. The number of nitrogens with zero attached hydrogens (tertiary/aromatic N) is 2. The maximum Gasteiger partial charge on any atom is 0.418 e. The maximum absolute atomic E-state index is 13.5. The zero-order valence-electron chi connectivity index (χ0n) is 14.4. The molecule has 0 bridgehead atoms. The lowest BCUT2D eigenvalue weighted by Gasteiger charge is -2.43. The summed E-state index contributed by atoms with van der Waals surface area (Å²) in [5.41, 5.74) is -0.779.